The number of benzene rings is 2. The lowest BCUT2D eigenvalue weighted by molar-refractivity contribution is 0.0983. The zero-order chi connectivity index (χ0) is 13.7. The van der Waals surface area contributed by atoms with Crippen LogP contribution in [0.25, 0.3) is 0 Å². The highest BCUT2D eigenvalue weighted by molar-refractivity contribution is 7.98. The number of ketones is 1. The van der Waals surface area contributed by atoms with E-state index in [-0.39, 0.29) is 5.78 Å². The Morgan fingerprint density at radius 2 is 1.63 bits per heavy atom. The molecular formula is C17H18OS. The Labute approximate surface area is 119 Å². The summed E-state index contributed by atoms with van der Waals surface area (Å²) in [7, 11) is 0. The highest BCUT2D eigenvalue weighted by Crippen LogP contribution is 2.16. The third-order valence-electron chi connectivity index (χ3n) is 3.17. The second-order valence-electron chi connectivity index (χ2n) is 4.64. The van der Waals surface area contributed by atoms with Gasteiger partial charge in [0, 0.05) is 16.9 Å². The molecule has 2 aromatic rings. The fourth-order valence-electron chi connectivity index (χ4n) is 1.93. The predicted molar refractivity (Wildman–Crippen MR) is 82.1 cm³/mol. The summed E-state index contributed by atoms with van der Waals surface area (Å²) in [4.78, 5) is 13.3. The third kappa shape index (κ3) is 3.97. The van der Waals surface area contributed by atoms with Gasteiger partial charge in [-0.3, -0.25) is 4.79 Å². The van der Waals surface area contributed by atoms with Crippen LogP contribution in [0.2, 0.25) is 0 Å². The molecule has 98 valence electrons. The molecule has 0 heterocycles. The monoisotopic (exact) mass is 270 g/mol. The van der Waals surface area contributed by atoms with Crippen molar-refractivity contribution in [3.8, 4) is 0 Å². The fourth-order valence-corrected chi connectivity index (χ4v) is 2.34. The summed E-state index contributed by atoms with van der Waals surface area (Å²) in [6, 6.07) is 16.2. The van der Waals surface area contributed by atoms with Gasteiger partial charge in [0.1, 0.15) is 0 Å². The number of carbonyl (C=O) groups excluding carboxylic acids is 1. The number of carbonyl (C=O) groups is 1. The average molecular weight is 270 g/mol. The molecule has 0 atom stereocenters. The highest BCUT2D eigenvalue weighted by Gasteiger charge is 2.05. The lowest BCUT2D eigenvalue weighted by Crippen LogP contribution is -2.01. The maximum absolute atomic E-state index is 12.0. The van der Waals surface area contributed by atoms with Gasteiger partial charge in [-0.05, 0) is 37.3 Å². The molecule has 2 aromatic carbocycles. The minimum Gasteiger partial charge on any atom is -0.294 e. The minimum atomic E-state index is 0.217. The van der Waals surface area contributed by atoms with E-state index in [2.05, 4.69) is 30.5 Å². The van der Waals surface area contributed by atoms with Crippen molar-refractivity contribution in [1.82, 2.24) is 0 Å². The van der Waals surface area contributed by atoms with E-state index in [4.69, 9.17) is 0 Å². The molecule has 0 saturated carbocycles. The van der Waals surface area contributed by atoms with Crippen molar-refractivity contribution in [1.29, 1.82) is 0 Å². The summed E-state index contributed by atoms with van der Waals surface area (Å²) in [5, 5.41) is 0. The van der Waals surface area contributed by atoms with Gasteiger partial charge in [0.15, 0.2) is 5.78 Å². The molecular weight excluding hydrogens is 252 g/mol. The molecule has 0 unspecified atom stereocenters. The van der Waals surface area contributed by atoms with Crippen LogP contribution in [0.4, 0.5) is 0 Å². The van der Waals surface area contributed by atoms with E-state index in [0.29, 0.717) is 6.42 Å². The molecule has 0 saturated heterocycles. The highest BCUT2D eigenvalue weighted by atomic mass is 32.2. The molecule has 0 N–H and O–H groups in total. The summed E-state index contributed by atoms with van der Waals surface area (Å²) in [6.07, 6.45) is 3.44. The second kappa shape index (κ2) is 6.58. The van der Waals surface area contributed by atoms with Gasteiger partial charge in [0.2, 0.25) is 0 Å². The summed E-state index contributed by atoms with van der Waals surface area (Å²) >= 11 is 1.73. The zero-order valence-electron chi connectivity index (χ0n) is 11.3. The number of hydrogen-bond donors (Lipinski definition) is 0. The van der Waals surface area contributed by atoms with Gasteiger partial charge in [-0.1, -0.05) is 42.0 Å². The molecule has 0 aliphatic carbocycles. The molecule has 0 radical (unpaired) electrons. The smallest absolute Gasteiger partial charge is 0.163 e. The van der Waals surface area contributed by atoms with Gasteiger partial charge >= 0.3 is 0 Å². The summed E-state index contributed by atoms with van der Waals surface area (Å²) in [5.74, 6) is 0.217. The molecule has 0 fully saturated rings. The molecule has 0 aromatic heterocycles. The predicted octanol–water partition coefficient (Wildman–Crippen LogP) is 4.53. The Hall–Kier alpha value is -1.54. The van der Waals surface area contributed by atoms with Crippen LogP contribution in [0.1, 0.15) is 27.9 Å². The summed E-state index contributed by atoms with van der Waals surface area (Å²) in [6.45, 7) is 2.03. The van der Waals surface area contributed by atoms with Gasteiger partial charge in [-0.2, -0.15) is 0 Å². The van der Waals surface area contributed by atoms with Crippen molar-refractivity contribution < 1.29 is 4.79 Å². The summed E-state index contributed by atoms with van der Waals surface area (Å²) < 4.78 is 0. The third-order valence-corrected chi connectivity index (χ3v) is 3.92. The SMILES string of the molecule is CSc1ccc(CCC(=O)c2ccc(C)cc2)cc1. The van der Waals surface area contributed by atoms with Gasteiger partial charge < -0.3 is 0 Å². The van der Waals surface area contributed by atoms with E-state index >= 15 is 0 Å². The molecule has 0 aliphatic rings. The maximum Gasteiger partial charge on any atom is 0.163 e. The quantitative estimate of drug-likeness (QED) is 0.586. The van der Waals surface area contributed by atoms with Crippen molar-refractivity contribution >= 4 is 17.5 Å². The number of hydrogen-bond acceptors (Lipinski definition) is 2. The van der Waals surface area contributed by atoms with Crippen molar-refractivity contribution in [2.24, 2.45) is 0 Å². The average Bonchev–Trinajstić information content (AvgIpc) is 2.46. The Bertz CT molecular complexity index is 540. The number of Topliss-reactive ketones (excluding diaryl/α,β-unsaturated/α-hetero) is 1. The van der Waals surface area contributed by atoms with E-state index in [1.807, 2.05) is 31.2 Å². The Balaban J connectivity index is 1.94. The standard InChI is InChI=1S/C17H18OS/c1-13-3-8-15(9-4-13)17(18)12-7-14-5-10-16(19-2)11-6-14/h3-6,8-11H,7,12H2,1-2H3. The van der Waals surface area contributed by atoms with Crippen LogP contribution in [0, 0.1) is 6.92 Å². The van der Waals surface area contributed by atoms with Crippen LogP contribution >= 0.6 is 11.8 Å². The van der Waals surface area contributed by atoms with Crippen LogP contribution < -0.4 is 0 Å². The zero-order valence-corrected chi connectivity index (χ0v) is 12.2. The molecule has 0 aliphatic heterocycles. The van der Waals surface area contributed by atoms with Crippen molar-refractivity contribution in [2.45, 2.75) is 24.7 Å². The first-order valence-electron chi connectivity index (χ1n) is 6.42. The number of thioether (sulfide) groups is 1. The molecule has 0 amide bonds. The van der Waals surface area contributed by atoms with Crippen LogP contribution in [0.3, 0.4) is 0 Å². The molecule has 2 rings (SSSR count). The van der Waals surface area contributed by atoms with Crippen LogP contribution in [-0.2, 0) is 6.42 Å². The Morgan fingerprint density at radius 1 is 1.00 bits per heavy atom. The first-order valence-corrected chi connectivity index (χ1v) is 7.64. The van der Waals surface area contributed by atoms with Gasteiger partial charge in [-0.15, -0.1) is 11.8 Å². The normalized spacial score (nSPS) is 10.4. The fraction of sp³-hybridized carbons (Fsp3) is 0.235. The maximum atomic E-state index is 12.0. The number of aryl methyl sites for hydroxylation is 2. The summed E-state index contributed by atoms with van der Waals surface area (Å²) in [5.41, 5.74) is 3.22. The van der Waals surface area contributed by atoms with E-state index in [9.17, 15) is 4.79 Å². The van der Waals surface area contributed by atoms with Crippen LogP contribution in [0.5, 0.6) is 0 Å². The first-order chi connectivity index (χ1) is 9.19. The largest absolute Gasteiger partial charge is 0.294 e. The molecule has 2 heteroatoms. The molecule has 19 heavy (non-hydrogen) atoms. The van der Waals surface area contributed by atoms with Gasteiger partial charge in [0.25, 0.3) is 0 Å². The van der Waals surface area contributed by atoms with Crippen molar-refractivity contribution in [2.75, 3.05) is 6.26 Å². The molecule has 0 spiro atoms. The van der Waals surface area contributed by atoms with Crippen molar-refractivity contribution in [3.05, 3.63) is 65.2 Å². The first kappa shape index (κ1) is 13.9. The Kier molecular flexibility index (Phi) is 4.80. The van der Waals surface area contributed by atoms with Crippen LogP contribution in [-0.4, -0.2) is 12.0 Å². The van der Waals surface area contributed by atoms with Gasteiger partial charge in [0.05, 0.1) is 0 Å². The van der Waals surface area contributed by atoms with Crippen LogP contribution in [0.15, 0.2) is 53.4 Å². The van der Waals surface area contributed by atoms with E-state index in [0.717, 1.165) is 12.0 Å². The van der Waals surface area contributed by atoms with E-state index < -0.39 is 0 Å². The number of rotatable bonds is 5. The van der Waals surface area contributed by atoms with Crippen molar-refractivity contribution in [3.63, 3.8) is 0 Å². The molecule has 0 bridgehead atoms. The Morgan fingerprint density at radius 3 is 2.21 bits per heavy atom. The second-order valence-corrected chi connectivity index (χ2v) is 5.52. The van der Waals surface area contributed by atoms with Gasteiger partial charge in [-0.25, -0.2) is 0 Å². The lowest BCUT2D eigenvalue weighted by Gasteiger charge is -2.03. The van der Waals surface area contributed by atoms with E-state index in [1.165, 1.54) is 16.0 Å². The minimum absolute atomic E-state index is 0.217. The topological polar surface area (TPSA) is 17.1 Å². The van der Waals surface area contributed by atoms with E-state index in [1.54, 1.807) is 11.8 Å². The lowest BCUT2D eigenvalue weighted by atomic mass is 10.0. The molecule has 1 nitrogen and oxygen atoms in total.